The molecule has 0 aliphatic carbocycles. The number of halogens is 2. The Hall–Kier alpha value is -4.18. The summed E-state index contributed by atoms with van der Waals surface area (Å²) in [6.07, 6.45) is 6.90. The van der Waals surface area contributed by atoms with Gasteiger partial charge in [-0.15, -0.1) is 6.58 Å². The minimum Gasteiger partial charge on any atom is -0.350 e. The summed E-state index contributed by atoms with van der Waals surface area (Å²) in [5, 5.41) is 0.653. The zero-order valence-corrected chi connectivity index (χ0v) is 26.4. The van der Waals surface area contributed by atoms with Gasteiger partial charge in [-0.25, -0.2) is 28.7 Å². The Kier molecular flexibility index (Phi) is 11.1. The van der Waals surface area contributed by atoms with E-state index in [2.05, 4.69) is 34.7 Å². The number of amides is 1. The molecule has 3 aromatic heterocycles. The third kappa shape index (κ3) is 6.91. The average Bonchev–Trinajstić information content (AvgIpc) is 2.95. The Morgan fingerprint density at radius 1 is 1.12 bits per heavy atom. The van der Waals surface area contributed by atoms with Gasteiger partial charge in [0.2, 0.25) is 6.41 Å². The van der Waals surface area contributed by atoms with E-state index in [9.17, 15) is 14.0 Å². The number of allylic oxidation sites excluding steroid dienone is 5. The van der Waals surface area contributed by atoms with Crippen molar-refractivity contribution in [2.75, 3.05) is 24.5 Å². The highest BCUT2D eigenvalue weighted by Gasteiger charge is 2.30. The van der Waals surface area contributed by atoms with Gasteiger partial charge in [-0.1, -0.05) is 70.7 Å². The van der Waals surface area contributed by atoms with Crippen LogP contribution in [0.4, 0.5) is 10.2 Å². The molecule has 228 valence electrons. The van der Waals surface area contributed by atoms with Crippen LogP contribution < -0.4 is 10.6 Å². The molecule has 1 aliphatic heterocycles. The molecule has 0 spiro atoms. The van der Waals surface area contributed by atoms with Gasteiger partial charge in [0.05, 0.1) is 33.2 Å². The number of rotatable bonds is 8. The van der Waals surface area contributed by atoms with Crippen LogP contribution in [0.3, 0.4) is 0 Å². The Balaban J connectivity index is 0.00000162. The summed E-state index contributed by atoms with van der Waals surface area (Å²) in [5.74, 6) is -0.466. The fourth-order valence-electron chi connectivity index (χ4n) is 5.01. The van der Waals surface area contributed by atoms with Crippen molar-refractivity contribution < 1.29 is 9.18 Å². The van der Waals surface area contributed by atoms with Gasteiger partial charge in [-0.05, 0) is 31.7 Å². The van der Waals surface area contributed by atoms with Crippen molar-refractivity contribution in [3.05, 3.63) is 88.8 Å². The highest BCUT2D eigenvalue weighted by Crippen LogP contribution is 2.36. The van der Waals surface area contributed by atoms with Gasteiger partial charge in [0, 0.05) is 31.2 Å². The molecule has 3 aromatic rings. The van der Waals surface area contributed by atoms with Crippen molar-refractivity contribution in [2.24, 2.45) is 0 Å². The van der Waals surface area contributed by atoms with E-state index in [1.54, 1.807) is 17.0 Å². The lowest BCUT2D eigenvalue weighted by Crippen LogP contribution is -2.52. The number of aromatic nitrogens is 5. The van der Waals surface area contributed by atoms with Gasteiger partial charge in [0.1, 0.15) is 18.0 Å². The van der Waals surface area contributed by atoms with Crippen LogP contribution in [0.2, 0.25) is 5.02 Å². The third-order valence-electron chi connectivity index (χ3n) is 6.91. The van der Waals surface area contributed by atoms with Crippen molar-refractivity contribution in [1.29, 1.82) is 0 Å². The number of nitrogens with zero attached hydrogens (tertiary/aromatic N) is 7. The Morgan fingerprint density at radius 2 is 1.72 bits per heavy atom. The summed E-state index contributed by atoms with van der Waals surface area (Å²) in [4.78, 5) is 47.4. The molecule has 1 amide bonds. The monoisotopic (exact) mass is 607 g/mol. The minimum atomic E-state index is -0.746. The molecule has 9 nitrogen and oxygen atoms in total. The number of carbonyl (C=O) groups excluding carboxylic acids is 1. The molecule has 0 saturated carbocycles. The van der Waals surface area contributed by atoms with Gasteiger partial charge < -0.3 is 9.80 Å². The predicted molar refractivity (Wildman–Crippen MR) is 173 cm³/mol. The number of carbonyl (C=O) groups is 1. The highest BCUT2D eigenvalue weighted by atomic mass is 35.5. The second-order valence-electron chi connectivity index (χ2n) is 10.8. The number of piperazine rings is 1. The maximum absolute atomic E-state index is 14.6. The van der Waals surface area contributed by atoms with Gasteiger partial charge >= 0.3 is 5.69 Å². The molecule has 1 fully saturated rings. The van der Waals surface area contributed by atoms with Crippen molar-refractivity contribution in [2.45, 2.75) is 59.4 Å². The van der Waals surface area contributed by atoms with Gasteiger partial charge in [-0.3, -0.25) is 4.79 Å². The summed E-state index contributed by atoms with van der Waals surface area (Å²) in [7, 11) is 0. The molecule has 1 saturated heterocycles. The van der Waals surface area contributed by atoms with Crippen LogP contribution in [0.25, 0.3) is 22.3 Å². The van der Waals surface area contributed by atoms with E-state index < -0.39 is 11.5 Å². The standard InChI is InChI=1S/C29H33ClFN7O2.C3H6/c1-8-9-20(19(7)31)25-22(30)12-21-27(37-11-10-36(15-39)13-18(37)6)35-29(40)38(28(21)34-25)26-23(16(2)3)32-14-33-24(26)17(4)5;1-3-2/h8-9,12,14-18H,1,7,10-11,13H2,2-6H3;3H,1H2,2H3/b20-9+;. The number of hydrogen-bond acceptors (Lipinski definition) is 7. The van der Waals surface area contributed by atoms with Crippen molar-refractivity contribution in [3.63, 3.8) is 0 Å². The fraction of sp³-hybridized carbons (Fsp3) is 0.375. The van der Waals surface area contributed by atoms with E-state index in [4.69, 9.17) is 16.6 Å². The molecule has 0 bridgehead atoms. The van der Waals surface area contributed by atoms with Crippen LogP contribution in [0.15, 0.2) is 61.0 Å². The van der Waals surface area contributed by atoms with Gasteiger partial charge in [0.25, 0.3) is 0 Å². The lowest BCUT2D eigenvalue weighted by atomic mass is 10.0. The third-order valence-corrected chi connectivity index (χ3v) is 7.20. The van der Waals surface area contributed by atoms with Gasteiger partial charge in [0.15, 0.2) is 5.65 Å². The smallest absolute Gasteiger partial charge is 0.350 e. The summed E-state index contributed by atoms with van der Waals surface area (Å²) < 4.78 is 16.0. The van der Waals surface area contributed by atoms with Crippen LogP contribution in [0.1, 0.15) is 70.5 Å². The van der Waals surface area contributed by atoms with E-state index in [0.29, 0.717) is 47.9 Å². The first-order chi connectivity index (χ1) is 20.4. The van der Waals surface area contributed by atoms with Crippen LogP contribution in [-0.4, -0.2) is 61.5 Å². The number of hydrogen-bond donors (Lipinski definition) is 0. The maximum atomic E-state index is 14.6. The molecule has 1 atom stereocenters. The summed E-state index contributed by atoms with van der Waals surface area (Å²) >= 11 is 6.71. The molecule has 11 heteroatoms. The molecule has 1 unspecified atom stereocenters. The van der Waals surface area contributed by atoms with Crippen LogP contribution in [0.5, 0.6) is 0 Å². The largest absolute Gasteiger partial charge is 0.355 e. The van der Waals surface area contributed by atoms with Gasteiger partial charge in [-0.2, -0.15) is 4.98 Å². The first-order valence-electron chi connectivity index (χ1n) is 14.1. The van der Waals surface area contributed by atoms with Crippen LogP contribution >= 0.6 is 11.6 Å². The average molecular weight is 608 g/mol. The topological polar surface area (TPSA) is 97.1 Å². The zero-order chi connectivity index (χ0) is 32.0. The lowest BCUT2D eigenvalue weighted by molar-refractivity contribution is -0.118. The molecule has 4 heterocycles. The zero-order valence-electron chi connectivity index (χ0n) is 25.6. The van der Waals surface area contributed by atoms with E-state index in [1.807, 2.05) is 46.4 Å². The van der Waals surface area contributed by atoms with Crippen LogP contribution in [-0.2, 0) is 4.79 Å². The lowest BCUT2D eigenvalue weighted by Gasteiger charge is -2.39. The predicted octanol–water partition coefficient (Wildman–Crippen LogP) is 6.38. The minimum absolute atomic E-state index is 0.0460. The molecular formula is C32H39ClFN7O2. The Morgan fingerprint density at radius 3 is 2.21 bits per heavy atom. The first kappa shape index (κ1) is 33.3. The Labute approximate surface area is 257 Å². The Bertz CT molecular complexity index is 1600. The van der Waals surface area contributed by atoms with Crippen molar-refractivity contribution in [3.8, 4) is 5.69 Å². The molecule has 0 aromatic carbocycles. The van der Waals surface area contributed by atoms with E-state index >= 15 is 0 Å². The maximum Gasteiger partial charge on any atom is 0.355 e. The molecule has 0 radical (unpaired) electrons. The van der Waals surface area contributed by atoms with Crippen molar-refractivity contribution in [1.82, 2.24) is 29.4 Å². The highest BCUT2D eigenvalue weighted by molar-refractivity contribution is 6.33. The van der Waals surface area contributed by atoms with Crippen molar-refractivity contribution >= 4 is 40.4 Å². The van der Waals surface area contributed by atoms with Crippen LogP contribution in [0, 0.1) is 0 Å². The van der Waals surface area contributed by atoms with E-state index in [-0.39, 0.29) is 39.8 Å². The fourth-order valence-corrected chi connectivity index (χ4v) is 5.26. The summed E-state index contributed by atoms with van der Waals surface area (Å²) in [6, 6.07) is 1.51. The molecule has 1 aliphatic rings. The quantitative estimate of drug-likeness (QED) is 0.166. The second kappa shape index (κ2) is 14.3. The second-order valence-corrected chi connectivity index (χ2v) is 11.2. The van der Waals surface area contributed by atoms with E-state index in [0.717, 1.165) is 6.41 Å². The first-order valence-corrected chi connectivity index (χ1v) is 14.5. The normalized spacial score (nSPS) is 15.4. The molecular weight excluding hydrogens is 569 g/mol. The SMILES string of the molecule is C=C/C=C(\C(=C)F)c1nc2c(cc1Cl)c(N1CCN(C=O)CC1C)nc(=O)n2-c1c(C(C)C)ncnc1C(C)C.C=CC. The summed E-state index contributed by atoms with van der Waals surface area (Å²) in [6.45, 7) is 23.6. The number of fused-ring (bicyclic) bond motifs is 1. The number of anilines is 1. The van der Waals surface area contributed by atoms with E-state index in [1.165, 1.54) is 23.0 Å². The number of pyridine rings is 1. The molecule has 0 N–H and O–H groups in total. The molecule has 4 rings (SSSR count). The summed E-state index contributed by atoms with van der Waals surface area (Å²) in [5.41, 5.74) is 1.60. The molecule has 43 heavy (non-hydrogen) atoms.